The number of carbonyl (C=O) groups is 2. The number of hydrogen-bond acceptors (Lipinski definition) is 6. The number of amides is 2. The largest absolute Gasteiger partial charge is 0.492 e. The summed E-state index contributed by atoms with van der Waals surface area (Å²) in [5.41, 5.74) is 1.64. The van der Waals surface area contributed by atoms with E-state index in [1.165, 1.54) is 19.3 Å². The van der Waals surface area contributed by atoms with Crippen LogP contribution in [0.4, 0.5) is 5.69 Å². The molecule has 186 valence electrons. The van der Waals surface area contributed by atoms with Crippen molar-refractivity contribution in [3.63, 3.8) is 0 Å². The van der Waals surface area contributed by atoms with E-state index in [1.54, 1.807) is 0 Å². The zero-order valence-electron chi connectivity index (χ0n) is 19.7. The predicted octanol–water partition coefficient (Wildman–Crippen LogP) is 3.76. The first-order valence-electron chi connectivity index (χ1n) is 12.5. The molecule has 2 N–H and O–H groups in total. The molecule has 0 unspecified atom stereocenters. The molecule has 0 bridgehead atoms. The zero-order valence-corrected chi connectivity index (χ0v) is 20.5. The fourth-order valence-corrected chi connectivity index (χ4v) is 5.33. The molecule has 34 heavy (non-hydrogen) atoms. The number of fused-ring (bicyclic) bond motifs is 2. The van der Waals surface area contributed by atoms with Gasteiger partial charge < -0.3 is 19.6 Å². The molecule has 4 rings (SSSR count). The maximum absolute atomic E-state index is 12.7. The third kappa shape index (κ3) is 6.02. The van der Waals surface area contributed by atoms with E-state index >= 15 is 0 Å². The van der Waals surface area contributed by atoms with Crippen LogP contribution in [-0.2, 0) is 16.1 Å². The van der Waals surface area contributed by atoms with Crippen molar-refractivity contribution in [3.8, 4) is 5.75 Å². The molecule has 1 saturated heterocycles. The van der Waals surface area contributed by atoms with E-state index in [1.807, 2.05) is 21.9 Å². The van der Waals surface area contributed by atoms with Gasteiger partial charge in [-0.2, -0.15) is 0 Å². The Labute approximate surface area is 206 Å². The number of aliphatic hydroxyl groups excluding tert-OH is 1. The average Bonchev–Trinajstić information content (AvgIpc) is 3.21. The van der Waals surface area contributed by atoms with Crippen molar-refractivity contribution >= 4 is 35.1 Å². The molecule has 1 saturated carbocycles. The third-order valence-corrected chi connectivity index (χ3v) is 7.28. The molecule has 2 fully saturated rings. The Kier molecular flexibility index (Phi) is 8.67. The van der Waals surface area contributed by atoms with E-state index in [9.17, 15) is 14.7 Å². The highest BCUT2D eigenvalue weighted by molar-refractivity contribution is 6.33. The highest BCUT2D eigenvalue weighted by atomic mass is 35.5. The number of unbranched alkanes of at least 4 members (excludes halogenated alkanes) is 3. The average molecular weight is 491 g/mol. The van der Waals surface area contributed by atoms with Crippen molar-refractivity contribution in [2.24, 2.45) is 4.99 Å². The Balaban J connectivity index is 1.16. The summed E-state index contributed by atoms with van der Waals surface area (Å²) in [6.07, 6.45) is 9.98. The van der Waals surface area contributed by atoms with Gasteiger partial charge in [0.2, 0.25) is 17.8 Å². The minimum Gasteiger partial charge on any atom is -0.492 e. The molecule has 1 aliphatic carbocycles. The summed E-state index contributed by atoms with van der Waals surface area (Å²) in [7, 11) is 0. The van der Waals surface area contributed by atoms with Crippen LogP contribution >= 0.6 is 11.6 Å². The van der Waals surface area contributed by atoms with E-state index in [-0.39, 0.29) is 18.4 Å². The molecule has 2 amide bonds. The molecule has 0 spiro atoms. The first-order valence-corrected chi connectivity index (χ1v) is 12.9. The van der Waals surface area contributed by atoms with Crippen molar-refractivity contribution in [1.82, 2.24) is 15.1 Å². The van der Waals surface area contributed by atoms with Crippen molar-refractivity contribution in [2.45, 2.75) is 76.8 Å². The maximum atomic E-state index is 12.7. The summed E-state index contributed by atoms with van der Waals surface area (Å²) in [5.74, 6) is 1.34. The van der Waals surface area contributed by atoms with Crippen LogP contribution in [0.1, 0.15) is 69.8 Å². The minimum absolute atomic E-state index is 0.0331. The molecule has 1 aromatic carbocycles. The van der Waals surface area contributed by atoms with Gasteiger partial charge in [-0.15, -0.1) is 0 Å². The predicted molar refractivity (Wildman–Crippen MR) is 131 cm³/mol. The van der Waals surface area contributed by atoms with E-state index in [0.717, 1.165) is 49.8 Å². The fourth-order valence-electron chi connectivity index (χ4n) is 5.05. The number of aliphatic imine (C=N–C) groups is 1. The van der Waals surface area contributed by atoms with Crippen molar-refractivity contribution in [1.29, 1.82) is 0 Å². The van der Waals surface area contributed by atoms with Gasteiger partial charge in [0.05, 0.1) is 30.5 Å². The van der Waals surface area contributed by atoms with Crippen molar-refractivity contribution in [3.05, 3.63) is 22.7 Å². The summed E-state index contributed by atoms with van der Waals surface area (Å²) < 4.78 is 5.93. The van der Waals surface area contributed by atoms with Crippen LogP contribution < -0.4 is 10.1 Å². The van der Waals surface area contributed by atoms with E-state index in [0.29, 0.717) is 55.4 Å². The Bertz CT molecular complexity index is 916. The molecule has 2 aliphatic heterocycles. The van der Waals surface area contributed by atoms with E-state index < -0.39 is 0 Å². The zero-order chi connectivity index (χ0) is 23.9. The second-order valence-electron chi connectivity index (χ2n) is 9.33. The minimum atomic E-state index is -0.0593. The lowest BCUT2D eigenvalue weighted by molar-refractivity contribution is -0.135. The van der Waals surface area contributed by atoms with Crippen LogP contribution in [-0.4, -0.2) is 65.0 Å². The number of benzene rings is 1. The number of carbonyl (C=O) groups excluding carboxylic acids is 2. The van der Waals surface area contributed by atoms with Crippen molar-refractivity contribution in [2.75, 3.05) is 26.3 Å². The fraction of sp³-hybridized carbons (Fsp3) is 0.640. The summed E-state index contributed by atoms with van der Waals surface area (Å²) in [6.45, 7) is 1.87. The number of guanidine groups is 1. The topological polar surface area (TPSA) is 94.5 Å². The second-order valence-corrected chi connectivity index (χ2v) is 9.71. The van der Waals surface area contributed by atoms with Crippen LogP contribution in [0.2, 0.25) is 5.02 Å². The SMILES string of the molecule is O=C1CN2Cc3c(ccc(OCCCCCCC(=O)N(CCO)C4CCCCC4)c3Cl)N=C2N1. The number of rotatable bonds is 11. The summed E-state index contributed by atoms with van der Waals surface area (Å²) >= 11 is 6.58. The maximum Gasteiger partial charge on any atom is 0.246 e. The quantitative estimate of drug-likeness (QED) is 0.460. The third-order valence-electron chi connectivity index (χ3n) is 6.86. The number of ether oxygens (including phenoxy) is 1. The van der Waals surface area contributed by atoms with Crippen molar-refractivity contribution < 1.29 is 19.4 Å². The van der Waals surface area contributed by atoms with Gasteiger partial charge in [0.25, 0.3) is 0 Å². The summed E-state index contributed by atoms with van der Waals surface area (Å²) in [6, 6.07) is 4.02. The van der Waals surface area contributed by atoms with Gasteiger partial charge in [-0.3, -0.25) is 14.9 Å². The lowest BCUT2D eigenvalue weighted by Crippen LogP contribution is -2.43. The first kappa shape index (κ1) is 24.8. The lowest BCUT2D eigenvalue weighted by atomic mass is 9.94. The number of nitrogens with one attached hydrogen (secondary N) is 1. The van der Waals surface area contributed by atoms with Crippen LogP contribution in [0.25, 0.3) is 0 Å². The smallest absolute Gasteiger partial charge is 0.246 e. The Morgan fingerprint density at radius 2 is 1.97 bits per heavy atom. The standard InChI is InChI=1S/C25H35ClN4O4/c26-24-19-16-29-17-22(32)28-25(29)27-20(19)11-12-21(24)34-15-7-2-1-6-10-23(33)30(13-14-31)18-8-4-3-5-9-18/h11-12,18,31H,1-10,13-17H2,(H,27,28,32). The number of hydrogen-bond donors (Lipinski definition) is 2. The molecule has 9 heteroatoms. The first-order chi connectivity index (χ1) is 16.6. The molecule has 3 aliphatic rings. The van der Waals surface area contributed by atoms with Crippen LogP contribution in [0, 0.1) is 0 Å². The molecular weight excluding hydrogens is 456 g/mol. The Hall–Kier alpha value is -2.32. The normalized spacial score (nSPS) is 17.6. The van der Waals surface area contributed by atoms with Gasteiger partial charge in [-0.05, 0) is 37.8 Å². The molecular formula is C25H35ClN4O4. The molecule has 0 aromatic heterocycles. The molecule has 1 aromatic rings. The van der Waals surface area contributed by atoms with Gasteiger partial charge >= 0.3 is 0 Å². The highest BCUT2D eigenvalue weighted by Gasteiger charge is 2.31. The van der Waals surface area contributed by atoms with Crippen LogP contribution in [0.5, 0.6) is 5.75 Å². The van der Waals surface area contributed by atoms with Gasteiger partial charge in [-0.1, -0.05) is 43.7 Å². The van der Waals surface area contributed by atoms with E-state index in [4.69, 9.17) is 16.3 Å². The highest BCUT2D eigenvalue weighted by Crippen LogP contribution is 2.38. The van der Waals surface area contributed by atoms with Gasteiger partial charge in [-0.25, -0.2) is 4.99 Å². The Morgan fingerprint density at radius 1 is 1.18 bits per heavy atom. The van der Waals surface area contributed by atoms with E-state index in [2.05, 4.69) is 10.3 Å². The Morgan fingerprint density at radius 3 is 2.76 bits per heavy atom. The van der Waals surface area contributed by atoms with Gasteiger partial charge in [0.1, 0.15) is 12.3 Å². The number of halogens is 1. The monoisotopic (exact) mass is 490 g/mol. The summed E-state index contributed by atoms with van der Waals surface area (Å²) in [4.78, 5) is 32.6. The number of aliphatic hydroxyl groups is 1. The summed E-state index contributed by atoms with van der Waals surface area (Å²) in [5, 5.41) is 12.7. The van der Waals surface area contributed by atoms with Gasteiger partial charge in [0.15, 0.2) is 0 Å². The second kappa shape index (κ2) is 11.9. The molecule has 0 atom stereocenters. The number of nitrogens with zero attached hydrogens (tertiary/aromatic N) is 3. The molecule has 2 heterocycles. The van der Waals surface area contributed by atoms with Crippen LogP contribution in [0.15, 0.2) is 17.1 Å². The van der Waals surface area contributed by atoms with Gasteiger partial charge in [0, 0.05) is 24.6 Å². The lowest BCUT2D eigenvalue weighted by Gasteiger charge is -2.34. The van der Waals surface area contributed by atoms with Crippen LogP contribution in [0.3, 0.4) is 0 Å². The molecule has 8 nitrogen and oxygen atoms in total. The molecule has 0 radical (unpaired) electrons.